The molecule has 0 saturated carbocycles. The van der Waals surface area contributed by atoms with Crippen molar-refractivity contribution in [2.45, 2.75) is 12.8 Å². The molecule has 2 aromatic heterocycles. The monoisotopic (exact) mass is 418 g/mol. The Hall–Kier alpha value is -3.64. The minimum atomic E-state index is -0.528. The molecule has 0 bridgehead atoms. The summed E-state index contributed by atoms with van der Waals surface area (Å²) in [6.45, 7) is 1.67. The number of aromatic amines is 1. The summed E-state index contributed by atoms with van der Waals surface area (Å²) in [6.07, 6.45) is 1.73. The van der Waals surface area contributed by atoms with Crippen molar-refractivity contribution in [1.29, 1.82) is 0 Å². The van der Waals surface area contributed by atoms with E-state index >= 15 is 0 Å². The number of allylic oxidation sites excluding steroid dienone is 1. The molecule has 0 fully saturated rings. The smallest absolute Gasteiger partial charge is 0.347 e. The molecule has 5 rings (SSSR count). The molecular weight excluding hydrogens is 404 g/mol. The van der Waals surface area contributed by atoms with Gasteiger partial charge in [0.05, 0.1) is 5.56 Å². The van der Waals surface area contributed by atoms with Crippen LogP contribution in [-0.4, -0.2) is 9.97 Å². The van der Waals surface area contributed by atoms with Crippen LogP contribution in [0.2, 0.25) is 5.02 Å². The van der Waals surface area contributed by atoms with E-state index in [0.29, 0.717) is 27.8 Å². The van der Waals surface area contributed by atoms with Gasteiger partial charge in [0.2, 0.25) is 5.88 Å². The molecule has 1 N–H and O–H groups in total. The Morgan fingerprint density at radius 3 is 2.63 bits per heavy atom. The number of rotatable bonds is 2. The van der Waals surface area contributed by atoms with Gasteiger partial charge in [0.15, 0.2) is 0 Å². The fraction of sp³-hybridized carbons (Fsp3) is 0.0870. The second-order valence-electron chi connectivity index (χ2n) is 7.02. The molecular formula is C23H15ClN2O4. The maximum absolute atomic E-state index is 12.7. The molecule has 4 aromatic rings. The summed E-state index contributed by atoms with van der Waals surface area (Å²) < 4.78 is 11.4. The van der Waals surface area contributed by atoms with Crippen molar-refractivity contribution >= 4 is 28.3 Å². The molecule has 3 heterocycles. The van der Waals surface area contributed by atoms with Crippen LogP contribution in [0.3, 0.4) is 0 Å². The van der Waals surface area contributed by atoms with Crippen molar-refractivity contribution in [2.75, 3.05) is 0 Å². The molecule has 30 heavy (non-hydrogen) atoms. The van der Waals surface area contributed by atoms with E-state index in [4.69, 9.17) is 20.8 Å². The minimum Gasteiger partial charge on any atom is -0.438 e. The van der Waals surface area contributed by atoms with Gasteiger partial charge in [-0.25, -0.2) is 4.79 Å². The number of aromatic nitrogens is 2. The van der Waals surface area contributed by atoms with E-state index in [0.717, 1.165) is 10.9 Å². The van der Waals surface area contributed by atoms with Gasteiger partial charge in [-0.15, -0.1) is 0 Å². The van der Waals surface area contributed by atoms with Crippen LogP contribution in [0.25, 0.3) is 16.7 Å². The molecule has 0 spiro atoms. The summed E-state index contributed by atoms with van der Waals surface area (Å²) in [5.74, 6) is 0.407. The van der Waals surface area contributed by atoms with E-state index in [9.17, 15) is 9.59 Å². The van der Waals surface area contributed by atoms with Gasteiger partial charge in [-0.2, -0.15) is 4.98 Å². The Morgan fingerprint density at radius 1 is 1.07 bits per heavy atom. The summed E-state index contributed by atoms with van der Waals surface area (Å²) in [7, 11) is 0. The Kier molecular flexibility index (Phi) is 4.29. The summed E-state index contributed by atoms with van der Waals surface area (Å²) in [5.41, 5.74) is 1.12. The van der Waals surface area contributed by atoms with Crippen LogP contribution in [0, 0.1) is 6.92 Å². The first kappa shape index (κ1) is 18.4. The number of hydrogen-bond acceptors (Lipinski definition) is 5. The molecule has 7 heteroatoms. The lowest BCUT2D eigenvalue weighted by Crippen LogP contribution is -2.25. The lowest BCUT2D eigenvalue weighted by atomic mass is 9.89. The zero-order valence-corrected chi connectivity index (χ0v) is 16.6. The van der Waals surface area contributed by atoms with Crippen LogP contribution >= 0.6 is 11.6 Å². The lowest BCUT2D eigenvalue weighted by molar-refractivity contribution is 0.458. The summed E-state index contributed by atoms with van der Waals surface area (Å²) in [5, 5.41) is 1.35. The van der Waals surface area contributed by atoms with Crippen LogP contribution in [-0.2, 0) is 0 Å². The van der Waals surface area contributed by atoms with Crippen molar-refractivity contribution in [3.8, 4) is 5.88 Å². The van der Waals surface area contributed by atoms with E-state index in [1.54, 1.807) is 43.3 Å². The molecule has 148 valence electrons. The van der Waals surface area contributed by atoms with Gasteiger partial charge in [-0.3, -0.25) is 4.79 Å². The molecule has 0 saturated heterocycles. The van der Waals surface area contributed by atoms with E-state index in [-0.39, 0.29) is 17.0 Å². The van der Waals surface area contributed by atoms with Crippen LogP contribution in [0.5, 0.6) is 5.88 Å². The number of hydrogen-bond donors (Lipinski definition) is 1. The predicted molar refractivity (Wildman–Crippen MR) is 114 cm³/mol. The second-order valence-corrected chi connectivity index (χ2v) is 7.45. The number of para-hydroxylation sites is 1. The Bertz CT molecular complexity index is 1430. The standard InChI is InChI=1S/C23H15ClN2O4/c1-12-25-21(27)20-16(13-6-8-15(24)9-7-13)11-19(29-22(20)26-12)17-10-14-4-2-3-5-18(14)30-23(17)28/h2-11,16H,1H3,(H,25,26,27). The summed E-state index contributed by atoms with van der Waals surface area (Å²) in [4.78, 5) is 32.5. The van der Waals surface area contributed by atoms with Gasteiger partial charge in [-0.1, -0.05) is 41.9 Å². The topological polar surface area (TPSA) is 85.2 Å². The van der Waals surface area contributed by atoms with Crippen molar-refractivity contribution in [1.82, 2.24) is 9.97 Å². The quantitative estimate of drug-likeness (QED) is 0.487. The highest BCUT2D eigenvalue weighted by atomic mass is 35.5. The molecule has 1 atom stereocenters. The summed E-state index contributed by atoms with van der Waals surface area (Å²) >= 11 is 6.03. The van der Waals surface area contributed by atoms with E-state index in [2.05, 4.69) is 9.97 Å². The van der Waals surface area contributed by atoms with E-state index in [1.807, 2.05) is 24.3 Å². The number of benzene rings is 2. The SMILES string of the molecule is Cc1nc2c(c(=O)[nH]1)C(c1ccc(Cl)cc1)C=C(c1cc3ccccc3oc1=O)O2. The largest absolute Gasteiger partial charge is 0.438 e. The van der Waals surface area contributed by atoms with Crippen molar-refractivity contribution in [3.63, 3.8) is 0 Å². The predicted octanol–water partition coefficient (Wildman–Crippen LogP) is 4.40. The van der Waals surface area contributed by atoms with Crippen molar-refractivity contribution in [2.24, 2.45) is 0 Å². The zero-order valence-electron chi connectivity index (χ0n) is 15.8. The molecule has 0 amide bonds. The minimum absolute atomic E-state index is 0.168. The average molecular weight is 419 g/mol. The van der Waals surface area contributed by atoms with E-state index in [1.165, 1.54) is 0 Å². The molecule has 2 aromatic carbocycles. The van der Waals surface area contributed by atoms with Gasteiger partial charge < -0.3 is 14.1 Å². The summed E-state index contributed by atoms with van der Waals surface area (Å²) in [6, 6.07) is 16.1. The number of halogens is 1. The molecule has 1 aliphatic rings. The number of ether oxygens (including phenoxy) is 1. The number of nitrogens with zero attached hydrogens (tertiary/aromatic N) is 1. The molecule has 1 aliphatic heterocycles. The number of aryl methyl sites for hydroxylation is 1. The maximum atomic E-state index is 12.7. The number of H-pyrrole nitrogens is 1. The van der Waals surface area contributed by atoms with Crippen LogP contribution in [0.1, 0.15) is 28.4 Å². The normalized spacial score (nSPS) is 15.4. The lowest BCUT2D eigenvalue weighted by Gasteiger charge is -2.23. The van der Waals surface area contributed by atoms with Crippen LogP contribution in [0.15, 0.2) is 74.7 Å². The van der Waals surface area contributed by atoms with Crippen molar-refractivity contribution < 1.29 is 9.15 Å². The maximum Gasteiger partial charge on any atom is 0.347 e. The Morgan fingerprint density at radius 2 is 1.83 bits per heavy atom. The van der Waals surface area contributed by atoms with Gasteiger partial charge in [0.1, 0.15) is 22.7 Å². The van der Waals surface area contributed by atoms with Gasteiger partial charge >= 0.3 is 5.63 Å². The van der Waals surface area contributed by atoms with Crippen LogP contribution in [0.4, 0.5) is 0 Å². The van der Waals surface area contributed by atoms with Gasteiger partial charge in [-0.05, 0) is 42.8 Å². The van der Waals surface area contributed by atoms with Crippen LogP contribution < -0.4 is 15.9 Å². The highest BCUT2D eigenvalue weighted by Gasteiger charge is 2.30. The third-order valence-corrected chi connectivity index (χ3v) is 5.26. The number of fused-ring (bicyclic) bond motifs is 2. The van der Waals surface area contributed by atoms with Gasteiger partial charge in [0.25, 0.3) is 5.56 Å². The molecule has 0 radical (unpaired) electrons. The fourth-order valence-corrected chi connectivity index (χ4v) is 3.73. The van der Waals surface area contributed by atoms with E-state index < -0.39 is 11.5 Å². The Labute approximate surface area is 175 Å². The third kappa shape index (κ3) is 3.11. The molecule has 0 aliphatic carbocycles. The third-order valence-electron chi connectivity index (χ3n) is 5.01. The number of nitrogens with one attached hydrogen (secondary N) is 1. The fourth-order valence-electron chi connectivity index (χ4n) is 3.61. The van der Waals surface area contributed by atoms with Crippen molar-refractivity contribution in [3.05, 3.63) is 109 Å². The first-order chi connectivity index (χ1) is 14.5. The first-order valence-electron chi connectivity index (χ1n) is 9.29. The molecule has 1 unspecified atom stereocenters. The zero-order chi connectivity index (χ0) is 20.8. The molecule has 6 nitrogen and oxygen atoms in total. The highest BCUT2D eigenvalue weighted by molar-refractivity contribution is 6.30. The Balaban J connectivity index is 1.74. The van der Waals surface area contributed by atoms with Gasteiger partial charge in [0, 0.05) is 16.3 Å². The highest BCUT2D eigenvalue weighted by Crippen LogP contribution is 2.38. The average Bonchev–Trinajstić information content (AvgIpc) is 2.72. The second kappa shape index (κ2) is 7.00. The first-order valence-corrected chi connectivity index (χ1v) is 9.66.